The Morgan fingerprint density at radius 2 is 1.09 bits per heavy atom. The van der Waals surface area contributed by atoms with Gasteiger partial charge < -0.3 is 4.74 Å². The molecule has 7 rings (SSSR count). The summed E-state index contributed by atoms with van der Waals surface area (Å²) in [4.78, 5) is 23.4. The number of hydrogen-bond acceptors (Lipinski definition) is 6. The Bertz CT molecular complexity index is 1960. The molecule has 0 saturated carbocycles. The Labute approximate surface area is 255 Å². The van der Waals surface area contributed by atoms with Gasteiger partial charge in [-0.3, -0.25) is 9.97 Å². The molecule has 0 bridgehead atoms. The summed E-state index contributed by atoms with van der Waals surface area (Å²) in [6.07, 6.45) is 7.09. The normalized spacial score (nSPS) is 10.8. The van der Waals surface area contributed by atoms with Gasteiger partial charge in [-0.1, -0.05) is 66.7 Å². The van der Waals surface area contributed by atoms with E-state index in [1.54, 1.807) is 18.6 Å². The highest BCUT2D eigenvalue weighted by atomic mass is 16.5. The van der Waals surface area contributed by atoms with Gasteiger partial charge in [0, 0.05) is 52.6 Å². The number of nitrogens with zero attached hydrogens (tertiary/aromatic N) is 5. The van der Waals surface area contributed by atoms with Gasteiger partial charge in [-0.2, -0.15) is 0 Å². The zero-order chi connectivity index (χ0) is 29.6. The van der Waals surface area contributed by atoms with E-state index in [9.17, 15) is 0 Å². The van der Waals surface area contributed by atoms with Crippen molar-refractivity contribution in [1.29, 1.82) is 0 Å². The minimum Gasteiger partial charge on any atom is -0.488 e. The molecule has 0 amide bonds. The van der Waals surface area contributed by atoms with Crippen LogP contribution in [0.3, 0.4) is 0 Å². The summed E-state index contributed by atoms with van der Waals surface area (Å²) in [5, 5.41) is 0. The maximum absolute atomic E-state index is 6.23. The van der Waals surface area contributed by atoms with Crippen LogP contribution in [0.5, 0.6) is 5.75 Å². The highest BCUT2D eigenvalue weighted by Crippen LogP contribution is 2.33. The lowest BCUT2D eigenvalue weighted by Gasteiger charge is -2.13. The Kier molecular flexibility index (Phi) is 7.61. The van der Waals surface area contributed by atoms with Crippen LogP contribution in [0.2, 0.25) is 0 Å². The van der Waals surface area contributed by atoms with E-state index in [1.807, 2.05) is 103 Å². The van der Waals surface area contributed by atoms with E-state index in [2.05, 4.69) is 40.3 Å². The molecule has 0 aliphatic rings. The molecular formula is C38H27N5O. The van der Waals surface area contributed by atoms with E-state index in [0.29, 0.717) is 12.4 Å². The average molecular weight is 570 g/mol. The molecule has 3 aromatic carbocycles. The van der Waals surface area contributed by atoms with Crippen LogP contribution in [0.4, 0.5) is 0 Å². The van der Waals surface area contributed by atoms with Crippen LogP contribution in [0.15, 0.2) is 152 Å². The highest BCUT2D eigenvalue weighted by Gasteiger charge is 2.13. The second-order valence-electron chi connectivity index (χ2n) is 10.2. The van der Waals surface area contributed by atoms with Gasteiger partial charge in [0.25, 0.3) is 0 Å². The minimum absolute atomic E-state index is 0.487. The predicted molar refractivity (Wildman–Crippen MR) is 173 cm³/mol. The van der Waals surface area contributed by atoms with Crippen molar-refractivity contribution >= 4 is 0 Å². The van der Waals surface area contributed by atoms with Gasteiger partial charge >= 0.3 is 0 Å². The Balaban J connectivity index is 1.24. The van der Waals surface area contributed by atoms with E-state index in [0.717, 1.165) is 61.9 Å². The fourth-order valence-corrected chi connectivity index (χ4v) is 5.00. The molecule has 0 unspecified atom stereocenters. The molecule has 0 spiro atoms. The molecule has 7 aromatic rings. The van der Waals surface area contributed by atoms with Crippen molar-refractivity contribution in [3.05, 3.63) is 158 Å². The Morgan fingerprint density at radius 1 is 0.455 bits per heavy atom. The van der Waals surface area contributed by atoms with Gasteiger partial charge in [0.1, 0.15) is 12.4 Å². The van der Waals surface area contributed by atoms with Crippen LogP contribution in [0.25, 0.3) is 56.4 Å². The zero-order valence-electron chi connectivity index (χ0n) is 23.8. The summed E-state index contributed by atoms with van der Waals surface area (Å²) >= 11 is 0. The third-order valence-corrected chi connectivity index (χ3v) is 7.21. The van der Waals surface area contributed by atoms with Crippen LogP contribution >= 0.6 is 0 Å². The van der Waals surface area contributed by atoms with E-state index >= 15 is 0 Å². The van der Waals surface area contributed by atoms with Crippen LogP contribution in [0, 0.1) is 0 Å². The van der Waals surface area contributed by atoms with Crippen molar-refractivity contribution in [3.63, 3.8) is 0 Å². The van der Waals surface area contributed by atoms with Gasteiger partial charge in [0.05, 0.1) is 22.8 Å². The number of ether oxygens (including phenoxy) is 1. The van der Waals surface area contributed by atoms with Gasteiger partial charge in [-0.15, -0.1) is 0 Å². The smallest absolute Gasteiger partial charge is 0.161 e. The number of aromatic nitrogens is 5. The van der Waals surface area contributed by atoms with E-state index in [4.69, 9.17) is 19.7 Å². The van der Waals surface area contributed by atoms with Gasteiger partial charge in [-0.25, -0.2) is 15.0 Å². The second kappa shape index (κ2) is 12.5. The molecule has 0 aliphatic carbocycles. The summed E-state index contributed by atoms with van der Waals surface area (Å²) in [7, 11) is 0. The van der Waals surface area contributed by atoms with Gasteiger partial charge in [-0.05, 0) is 66.2 Å². The highest BCUT2D eigenvalue weighted by molar-refractivity contribution is 5.76. The summed E-state index contributed by atoms with van der Waals surface area (Å²) < 4.78 is 6.23. The molecule has 4 heterocycles. The fourth-order valence-electron chi connectivity index (χ4n) is 5.00. The summed E-state index contributed by atoms with van der Waals surface area (Å²) in [6.45, 7) is 0.487. The minimum atomic E-state index is 0.487. The lowest BCUT2D eigenvalue weighted by molar-refractivity contribution is 0.307. The molecule has 6 nitrogen and oxygen atoms in total. The zero-order valence-corrected chi connectivity index (χ0v) is 23.8. The van der Waals surface area contributed by atoms with Gasteiger partial charge in [0.2, 0.25) is 0 Å². The molecule has 210 valence electrons. The van der Waals surface area contributed by atoms with Crippen LogP contribution in [0.1, 0.15) is 5.56 Å². The number of benzene rings is 3. The number of pyridine rings is 3. The summed E-state index contributed by atoms with van der Waals surface area (Å²) in [5.74, 6) is 1.40. The molecule has 0 aliphatic heterocycles. The van der Waals surface area contributed by atoms with E-state index < -0.39 is 0 Å². The van der Waals surface area contributed by atoms with Crippen molar-refractivity contribution in [2.45, 2.75) is 6.61 Å². The number of rotatable bonds is 8. The standard InChI is InChI=1S/C38H27N5O/c1-2-10-27(11-3-1)26-44-37-19-5-4-16-32(37)34-18-7-17-33(41-34)28-12-6-13-29(22-28)35-23-36(30-14-8-20-39-24-30)43-38(42-35)31-15-9-21-40-25-31/h1-25H,26H2. The summed E-state index contributed by atoms with van der Waals surface area (Å²) in [5.41, 5.74) is 9.06. The van der Waals surface area contributed by atoms with Crippen molar-refractivity contribution in [1.82, 2.24) is 24.9 Å². The lowest BCUT2D eigenvalue weighted by Crippen LogP contribution is -1.98. The van der Waals surface area contributed by atoms with Crippen LogP contribution < -0.4 is 4.74 Å². The lowest BCUT2D eigenvalue weighted by atomic mass is 10.0. The average Bonchev–Trinajstić information content (AvgIpc) is 3.12. The monoisotopic (exact) mass is 569 g/mol. The molecule has 44 heavy (non-hydrogen) atoms. The predicted octanol–water partition coefficient (Wildman–Crippen LogP) is 8.58. The fraction of sp³-hybridized carbons (Fsp3) is 0.0263. The number of hydrogen-bond donors (Lipinski definition) is 0. The quantitative estimate of drug-likeness (QED) is 0.183. The number of para-hydroxylation sites is 1. The second-order valence-corrected chi connectivity index (χ2v) is 10.2. The first-order valence-electron chi connectivity index (χ1n) is 14.3. The molecule has 0 fully saturated rings. The van der Waals surface area contributed by atoms with Crippen molar-refractivity contribution in [3.8, 4) is 62.2 Å². The largest absolute Gasteiger partial charge is 0.488 e. The molecule has 0 radical (unpaired) electrons. The topological polar surface area (TPSA) is 73.7 Å². The maximum Gasteiger partial charge on any atom is 0.161 e. The molecule has 4 aromatic heterocycles. The Hall–Kier alpha value is -6.01. The third kappa shape index (κ3) is 5.96. The van der Waals surface area contributed by atoms with E-state index in [1.165, 1.54) is 0 Å². The van der Waals surface area contributed by atoms with Gasteiger partial charge in [0.15, 0.2) is 5.82 Å². The molecule has 0 N–H and O–H groups in total. The van der Waals surface area contributed by atoms with Crippen LogP contribution in [-0.4, -0.2) is 24.9 Å². The first-order valence-corrected chi connectivity index (χ1v) is 14.3. The molecular weight excluding hydrogens is 542 g/mol. The first-order chi connectivity index (χ1) is 21.8. The third-order valence-electron chi connectivity index (χ3n) is 7.21. The molecule has 0 saturated heterocycles. The SMILES string of the molecule is c1ccc(COc2ccccc2-c2cccc(-c3cccc(-c4cc(-c5cccnc5)nc(-c5cccnc5)n4)c3)n2)cc1. The van der Waals surface area contributed by atoms with Crippen molar-refractivity contribution in [2.24, 2.45) is 0 Å². The Morgan fingerprint density at radius 3 is 1.86 bits per heavy atom. The molecule has 6 heteroatoms. The maximum atomic E-state index is 6.23. The van der Waals surface area contributed by atoms with Crippen LogP contribution in [-0.2, 0) is 6.61 Å². The van der Waals surface area contributed by atoms with E-state index in [-0.39, 0.29) is 0 Å². The molecule has 0 atom stereocenters. The van der Waals surface area contributed by atoms with Crippen molar-refractivity contribution in [2.75, 3.05) is 0 Å². The summed E-state index contributed by atoms with van der Waals surface area (Å²) in [6, 6.07) is 42.3. The van der Waals surface area contributed by atoms with Crippen molar-refractivity contribution < 1.29 is 4.74 Å². The first kappa shape index (κ1) is 26.9.